The predicted molar refractivity (Wildman–Crippen MR) is 73.4 cm³/mol. The SMILES string of the molecule is Fc1ccc([C@@H]2CCN(Cc3ccsc3)C2)cc1. The molecule has 18 heavy (non-hydrogen) atoms. The summed E-state index contributed by atoms with van der Waals surface area (Å²) in [6.45, 7) is 3.26. The Bertz CT molecular complexity index is 492. The van der Waals surface area contributed by atoms with E-state index in [0.717, 1.165) is 19.6 Å². The molecule has 1 saturated heterocycles. The van der Waals surface area contributed by atoms with Crippen LogP contribution < -0.4 is 0 Å². The molecule has 1 atom stereocenters. The first-order valence-electron chi connectivity index (χ1n) is 6.30. The molecule has 3 rings (SSSR count). The Morgan fingerprint density at radius 3 is 2.78 bits per heavy atom. The molecular weight excluding hydrogens is 245 g/mol. The van der Waals surface area contributed by atoms with Crippen LogP contribution in [-0.2, 0) is 6.54 Å². The molecule has 1 fully saturated rings. The molecular formula is C15H16FNS. The van der Waals surface area contributed by atoms with Gasteiger partial charge in [0.25, 0.3) is 0 Å². The Hall–Kier alpha value is -1.19. The van der Waals surface area contributed by atoms with Crippen molar-refractivity contribution in [2.75, 3.05) is 13.1 Å². The minimum absolute atomic E-state index is 0.146. The largest absolute Gasteiger partial charge is 0.298 e. The highest BCUT2D eigenvalue weighted by molar-refractivity contribution is 7.07. The first-order valence-corrected chi connectivity index (χ1v) is 7.24. The highest BCUT2D eigenvalue weighted by Crippen LogP contribution is 2.28. The third-order valence-electron chi connectivity index (χ3n) is 3.60. The normalized spacial score (nSPS) is 20.4. The van der Waals surface area contributed by atoms with Crippen molar-refractivity contribution in [2.24, 2.45) is 0 Å². The predicted octanol–water partition coefficient (Wildman–Crippen LogP) is 3.88. The van der Waals surface area contributed by atoms with E-state index >= 15 is 0 Å². The summed E-state index contributed by atoms with van der Waals surface area (Å²) < 4.78 is 12.9. The molecule has 2 heterocycles. The molecule has 1 aliphatic heterocycles. The maximum Gasteiger partial charge on any atom is 0.123 e. The molecule has 1 nitrogen and oxygen atoms in total. The Kier molecular flexibility index (Phi) is 3.43. The van der Waals surface area contributed by atoms with E-state index in [9.17, 15) is 4.39 Å². The molecule has 1 aromatic heterocycles. The minimum Gasteiger partial charge on any atom is -0.298 e. The van der Waals surface area contributed by atoms with Crippen molar-refractivity contribution in [3.63, 3.8) is 0 Å². The number of halogens is 1. The van der Waals surface area contributed by atoms with E-state index in [2.05, 4.69) is 21.7 Å². The first kappa shape index (κ1) is 11.9. The lowest BCUT2D eigenvalue weighted by Crippen LogP contribution is -2.19. The van der Waals surface area contributed by atoms with Crippen LogP contribution in [0, 0.1) is 5.82 Å². The van der Waals surface area contributed by atoms with Crippen molar-refractivity contribution in [3.05, 3.63) is 58.0 Å². The molecule has 3 heteroatoms. The molecule has 0 N–H and O–H groups in total. The van der Waals surface area contributed by atoms with Crippen molar-refractivity contribution in [2.45, 2.75) is 18.9 Å². The lowest BCUT2D eigenvalue weighted by atomic mass is 9.99. The molecule has 0 amide bonds. The van der Waals surface area contributed by atoms with Gasteiger partial charge in [0.05, 0.1) is 0 Å². The summed E-state index contributed by atoms with van der Waals surface area (Å²) in [6, 6.07) is 9.17. The third-order valence-corrected chi connectivity index (χ3v) is 4.33. The van der Waals surface area contributed by atoms with E-state index in [1.807, 2.05) is 12.1 Å². The van der Waals surface area contributed by atoms with Crippen molar-refractivity contribution in [1.29, 1.82) is 0 Å². The topological polar surface area (TPSA) is 3.24 Å². The average molecular weight is 261 g/mol. The van der Waals surface area contributed by atoms with Crippen LogP contribution in [0.25, 0.3) is 0 Å². The van der Waals surface area contributed by atoms with E-state index in [1.54, 1.807) is 23.5 Å². The monoisotopic (exact) mass is 261 g/mol. The smallest absolute Gasteiger partial charge is 0.123 e. The van der Waals surface area contributed by atoms with Crippen molar-refractivity contribution >= 4 is 11.3 Å². The van der Waals surface area contributed by atoms with E-state index in [0.29, 0.717) is 5.92 Å². The van der Waals surface area contributed by atoms with Gasteiger partial charge in [-0.15, -0.1) is 0 Å². The molecule has 94 valence electrons. The van der Waals surface area contributed by atoms with Crippen molar-refractivity contribution < 1.29 is 4.39 Å². The summed E-state index contributed by atoms with van der Waals surface area (Å²) in [4.78, 5) is 2.48. The van der Waals surface area contributed by atoms with Crippen LogP contribution in [0.2, 0.25) is 0 Å². The van der Waals surface area contributed by atoms with Crippen molar-refractivity contribution in [3.8, 4) is 0 Å². The van der Waals surface area contributed by atoms with E-state index in [4.69, 9.17) is 0 Å². The summed E-state index contributed by atoms with van der Waals surface area (Å²) in [6.07, 6.45) is 1.18. The number of nitrogens with zero attached hydrogens (tertiary/aromatic N) is 1. The second-order valence-corrected chi connectivity index (χ2v) is 5.68. The van der Waals surface area contributed by atoms with Crippen LogP contribution >= 0.6 is 11.3 Å². The number of benzene rings is 1. The van der Waals surface area contributed by atoms with Gasteiger partial charge in [-0.25, -0.2) is 4.39 Å². The molecule has 1 aromatic carbocycles. The Morgan fingerprint density at radius 1 is 1.22 bits per heavy atom. The zero-order valence-electron chi connectivity index (χ0n) is 10.2. The molecule has 0 radical (unpaired) electrons. The maximum absolute atomic E-state index is 12.9. The molecule has 0 saturated carbocycles. The zero-order valence-corrected chi connectivity index (χ0v) is 11.0. The van der Waals surface area contributed by atoms with Crippen LogP contribution in [0.15, 0.2) is 41.1 Å². The van der Waals surface area contributed by atoms with Gasteiger partial charge in [0.1, 0.15) is 5.82 Å². The van der Waals surface area contributed by atoms with Gasteiger partial charge < -0.3 is 0 Å². The third kappa shape index (κ3) is 2.62. The average Bonchev–Trinajstić information content (AvgIpc) is 3.02. The molecule has 0 unspecified atom stereocenters. The Balaban J connectivity index is 1.63. The number of rotatable bonds is 3. The van der Waals surface area contributed by atoms with Crippen LogP contribution in [0.1, 0.15) is 23.5 Å². The fourth-order valence-electron chi connectivity index (χ4n) is 2.62. The standard InChI is InChI=1S/C15H16FNS/c16-15-3-1-13(2-4-15)14-5-7-17(10-14)9-12-6-8-18-11-12/h1-4,6,8,11,14H,5,7,9-10H2/t14-/m1/s1. The van der Waals surface area contributed by atoms with Crippen LogP contribution in [0.5, 0.6) is 0 Å². The molecule has 0 spiro atoms. The molecule has 2 aromatic rings. The lowest BCUT2D eigenvalue weighted by Gasteiger charge is -2.15. The highest BCUT2D eigenvalue weighted by atomic mass is 32.1. The number of hydrogen-bond acceptors (Lipinski definition) is 2. The van der Waals surface area contributed by atoms with Crippen LogP contribution in [0.4, 0.5) is 4.39 Å². The van der Waals surface area contributed by atoms with Crippen LogP contribution in [-0.4, -0.2) is 18.0 Å². The Labute approximate surface area is 111 Å². The van der Waals surface area contributed by atoms with Crippen molar-refractivity contribution in [1.82, 2.24) is 4.90 Å². The van der Waals surface area contributed by atoms with Gasteiger partial charge in [-0.05, 0) is 59.0 Å². The Morgan fingerprint density at radius 2 is 2.06 bits per heavy atom. The minimum atomic E-state index is -0.146. The number of likely N-dealkylation sites (tertiary alicyclic amines) is 1. The second kappa shape index (κ2) is 5.21. The fourth-order valence-corrected chi connectivity index (χ4v) is 3.28. The molecule has 0 aliphatic carbocycles. The lowest BCUT2D eigenvalue weighted by molar-refractivity contribution is 0.327. The fraction of sp³-hybridized carbons (Fsp3) is 0.333. The van der Waals surface area contributed by atoms with Gasteiger partial charge in [-0.1, -0.05) is 12.1 Å². The van der Waals surface area contributed by atoms with Gasteiger partial charge in [-0.3, -0.25) is 4.90 Å². The first-order chi connectivity index (χ1) is 8.81. The quantitative estimate of drug-likeness (QED) is 0.810. The van der Waals surface area contributed by atoms with E-state index < -0.39 is 0 Å². The van der Waals surface area contributed by atoms with E-state index in [1.165, 1.54) is 17.5 Å². The molecule has 1 aliphatic rings. The highest BCUT2D eigenvalue weighted by Gasteiger charge is 2.23. The number of thiophene rings is 1. The van der Waals surface area contributed by atoms with Gasteiger partial charge in [0.2, 0.25) is 0 Å². The zero-order chi connectivity index (χ0) is 12.4. The molecule has 0 bridgehead atoms. The van der Waals surface area contributed by atoms with Gasteiger partial charge in [-0.2, -0.15) is 11.3 Å². The summed E-state index contributed by atoms with van der Waals surface area (Å²) in [5.41, 5.74) is 2.67. The summed E-state index contributed by atoms with van der Waals surface area (Å²) >= 11 is 1.75. The number of hydrogen-bond donors (Lipinski definition) is 0. The van der Waals surface area contributed by atoms with E-state index in [-0.39, 0.29) is 5.82 Å². The van der Waals surface area contributed by atoms with Crippen LogP contribution in [0.3, 0.4) is 0 Å². The summed E-state index contributed by atoms with van der Waals surface area (Å²) in [7, 11) is 0. The summed E-state index contributed by atoms with van der Waals surface area (Å²) in [5, 5.41) is 4.34. The maximum atomic E-state index is 12.9. The van der Waals surface area contributed by atoms with Gasteiger partial charge in [0, 0.05) is 13.1 Å². The van der Waals surface area contributed by atoms with Gasteiger partial charge >= 0.3 is 0 Å². The van der Waals surface area contributed by atoms with Gasteiger partial charge in [0.15, 0.2) is 0 Å². The summed E-state index contributed by atoms with van der Waals surface area (Å²) in [5.74, 6) is 0.413. The second-order valence-electron chi connectivity index (χ2n) is 4.90.